The first-order chi connectivity index (χ1) is 6.70. The normalized spacial score (nSPS) is 32.5. The number of hydrogen-bond donors (Lipinski definition) is 1. The minimum Gasteiger partial charge on any atom is -0.390 e. The van der Waals surface area contributed by atoms with Crippen LogP contribution in [0.25, 0.3) is 0 Å². The van der Waals surface area contributed by atoms with E-state index in [-0.39, 0.29) is 6.10 Å². The summed E-state index contributed by atoms with van der Waals surface area (Å²) in [5.41, 5.74) is -0.518. The molecule has 1 heterocycles. The van der Waals surface area contributed by atoms with E-state index < -0.39 is 5.60 Å². The lowest BCUT2D eigenvalue weighted by Crippen LogP contribution is -2.40. The molecule has 0 aromatic heterocycles. The van der Waals surface area contributed by atoms with Gasteiger partial charge in [0.25, 0.3) is 0 Å². The Kier molecular flexibility index (Phi) is 4.44. The predicted octanol–water partition coefficient (Wildman–Crippen LogP) is 2.11. The van der Waals surface area contributed by atoms with E-state index in [4.69, 9.17) is 11.2 Å². The molecule has 1 aliphatic heterocycles. The Labute approximate surface area is 86.7 Å². The SMILES string of the molecule is C#CCCCC1(O)CCOC(CC)C1. The van der Waals surface area contributed by atoms with Crippen LogP contribution in [0.4, 0.5) is 0 Å². The molecular formula is C12H20O2. The minimum absolute atomic E-state index is 0.236. The summed E-state index contributed by atoms with van der Waals surface area (Å²) < 4.78 is 5.53. The van der Waals surface area contributed by atoms with Crippen molar-refractivity contribution in [3.63, 3.8) is 0 Å². The molecular weight excluding hydrogens is 176 g/mol. The van der Waals surface area contributed by atoms with Crippen LogP contribution >= 0.6 is 0 Å². The van der Waals surface area contributed by atoms with E-state index in [1.54, 1.807) is 0 Å². The molecule has 2 unspecified atom stereocenters. The maximum atomic E-state index is 10.3. The summed E-state index contributed by atoms with van der Waals surface area (Å²) in [6.45, 7) is 2.78. The molecule has 2 atom stereocenters. The lowest BCUT2D eigenvalue weighted by atomic mass is 9.85. The number of aliphatic hydroxyl groups is 1. The fraction of sp³-hybridized carbons (Fsp3) is 0.833. The molecule has 1 fully saturated rings. The van der Waals surface area contributed by atoms with E-state index in [1.165, 1.54) is 0 Å². The third kappa shape index (κ3) is 3.32. The Balaban J connectivity index is 2.35. The quantitative estimate of drug-likeness (QED) is 0.551. The van der Waals surface area contributed by atoms with Gasteiger partial charge >= 0.3 is 0 Å². The fourth-order valence-electron chi connectivity index (χ4n) is 2.01. The summed E-state index contributed by atoms with van der Waals surface area (Å²) in [4.78, 5) is 0. The molecule has 0 amide bonds. The van der Waals surface area contributed by atoms with Crippen LogP contribution in [0.3, 0.4) is 0 Å². The van der Waals surface area contributed by atoms with Crippen molar-refractivity contribution in [2.45, 2.75) is 57.2 Å². The van der Waals surface area contributed by atoms with Gasteiger partial charge in [-0.15, -0.1) is 12.3 Å². The lowest BCUT2D eigenvalue weighted by Gasteiger charge is -2.36. The molecule has 80 valence electrons. The lowest BCUT2D eigenvalue weighted by molar-refractivity contribution is -0.108. The number of rotatable bonds is 4. The first kappa shape index (κ1) is 11.6. The standard InChI is InChI=1S/C12H20O2/c1-3-5-6-7-12(13)8-9-14-11(4-2)10-12/h1,11,13H,4-10H2,2H3. The Morgan fingerprint density at radius 1 is 1.64 bits per heavy atom. The van der Waals surface area contributed by atoms with E-state index in [1.807, 2.05) is 0 Å². The molecule has 0 aromatic carbocycles. The third-order valence-electron chi connectivity index (χ3n) is 2.95. The molecule has 1 aliphatic rings. The average Bonchev–Trinajstić information content (AvgIpc) is 2.18. The first-order valence-corrected chi connectivity index (χ1v) is 5.47. The van der Waals surface area contributed by atoms with Crippen LogP contribution in [0.5, 0.6) is 0 Å². The van der Waals surface area contributed by atoms with E-state index in [0.29, 0.717) is 6.61 Å². The fourth-order valence-corrected chi connectivity index (χ4v) is 2.01. The van der Waals surface area contributed by atoms with Crippen LogP contribution in [0, 0.1) is 12.3 Å². The molecule has 1 saturated heterocycles. The maximum Gasteiger partial charge on any atom is 0.0694 e. The molecule has 0 aliphatic carbocycles. The van der Waals surface area contributed by atoms with E-state index in [2.05, 4.69) is 12.8 Å². The van der Waals surface area contributed by atoms with E-state index >= 15 is 0 Å². The molecule has 0 radical (unpaired) electrons. The molecule has 0 bridgehead atoms. The zero-order valence-corrected chi connectivity index (χ0v) is 8.96. The van der Waals surface area contributed by atoms with Gasteiger partial charge < -0.3 is 9.84 Å². The van der Waals surface area contributed by atoms with Gasteiger partial charge in [-0.2, -0.15) is 0 Å². The Morgan fingerprint density at radius 3 is 3.07 bits per heavy atom. The smallest absolute Gasteiger partial charge is 0.0694 e. The van der Waals surface area contributed by atoms with Crippen LogP contribution in [-0.4, -0.2) is 23.4 Å². The predicted molar refractivity (Wildman–Crippen MR) is 56.9 cm³/mol. The summed E-state index contributed by atoms with van der Waals surface area (Å²) in [6, 6.07) is 0. The van der Waals surface area contributed by atoms with Gasteiger partial charge in [-0.25, -0.2) is 0 Å². The maximum absolute atomic E-state index is 10.3. The molecule has 1 N–H and O–H groups in total. The van der Waals surface area contributed by atoms with Crippen molar-refractivity contribution < 1.29 is 9.84 Å². The highest BCUT2D eigenvalue weighted by molar-refractivity contribution is 4.88. The van der Waals surface area contributed by atoms with Crippen LogP contribution in [0.2, 0.25) is 0 Å². The van der Waals surface area contributed by atoms with Crippen molar-refractivity contribution in [1.82, 2.24) is 0 Å². The molecule has 1 rings (SSSR count). The van der Waals surface area contributed by atoms with Crippen LogP contribution in [0.15, 0.2) is 0 Å². The van der Waals surface area contributed by atoms with Gasteiger partial charge in [-0.05, 0) is 25.7 Å². The van der Waals surface area contributed by atoms with Gasteiger partial charge in [0.1, 0.15) is 0 Å². The topological polar surface area (TPSA) is 29.5 Å². The number of ether oxygens (including phenoxy) is 1. The largest absolute Gasteiger partial charge is 0.390 e. The van der Waals surface area contributed by atoms with Gasteiger partial charge in [-0.3, -0.25) is 0 Å². The Bertz CT molecular complexity index is 207. The summed E-state index contributed by atoms with van der Waals surface area (Å²) in [7, 11) is 0. The number of unbranched alkanes of at least 4 members (excludes halogenated alkanes) is 1. The monoisotopic (exact) mass is 196 g/mol. The molecule has 0 saturated carbocycles. The Hall–Kier alpha value is -0.520. The molecule has 0 spiro atoms. The van der Waals surface area contributed by atoms with Crippen molar-refractivity contribution in [1.29, 1.82) is 0 Å². The van der Waals surface area contributed by atoms with Gasteiger partial charge in [-0.1, -0.05) is 6.92 Å². The van der Waals surface area contributed by atoms with Crippen molar-refractivity contribution in [2.24, 2.45) is 0 Å². The minimum atomic E-state index is -0.518. The van der Waals surface area contributed by atoms with Gasteiger partial charge in [0.05, 0.1) is 11.7 Å². The van der Waals surface area contributed by atoms with Gasteiger partial charge in [0.2, 0.25) is 0 Å². The summed E-state index contributed by atoms with van der Waals surface area (Å²) in [5, 5.41) is 10.3. The molecule has 2 nitrogen and oxygen atoms in total. The van der Waals surface area contributed by atoms with Crippen molar-refractivity contribution in [2.75, 3.05) is 6.61 Å². The summed E-state index contributed by atoms with van der Waals surface area (Å²) in [6.07, 6.45) is 10.4. The highest BCUT2D eigenvalue weighted by atomic mass is 16.5. The van der Waals surface area contributed by atoms with Crippen LogP contribution in [-0.2, 0) is 4.74 Å². The van der Waals surface area contributed by atoms with Gasteiger partial charge in [0, 0.05) is 19.4 Å². The zero-order valence-electron chi connectivity index (χ0n) is 8.96. The summed E-state index contributed by atoms with van der Waals surface area (Å²) >= 11 is 0. The second kappa shape index (κ2) is 5.38. The highest BCUT2D eigenvalue weighted by Gasteiger charge is 2.33. The number of hydrogen-bond acceptors (Lipinski definition) is 2. The third-order valence-corrected chi connectivity index (χ3v) is 2.95. The van der Waals surface area contributed by atoms with Crippen molar-refractivity contribution >= 4 is 0 Å². The van der Waals surface area contributed by atoms with Crippen LogP contribution in [0.1, 0.15) is 45.4 Å². The van der Waals surface area contributed by atoms with Crippen molar-refractivity contribution in [3.05, 3.63) is 0 Å². The highest BCUT2D eigenvalue weighted by Crippen LogP contribution is 2.30. The first-order valence-electron chi connectivity index (χ1n) is 5.47. The van der Waals surface area contributed by atoms with Gasteiger partial charge in [0.15, 0.2) is 0 Å². The second-order valence-electron chi connectivity index (χ2n) is 4.14. The van der Waals surface area contributed by atoms with E-state index in [9.17, 15) is 5.11 Å². The number of terminal acetylenes is 1. The molecule has 14 heavy (non-hydrogen) atoms. The zero-order chi connectivity index (χ0) is 10.4. The van der Waals surface area contributed by atoms with Crippen molar-refractivity contribution in [3.8, 4) is 12.3 Å². The second-order valence-corrected chi connectivity index (χ2v) is 4.14. The average molecular weight is 196 g/mol. The Morgan fingerprint density at radius 2 is 2.43 bits per heavy atom. The molecule has 0 aromatic rings. The molecule has 2 heteroatoms. The van der Waals surface area contributed by atoms with Crippen LogP contribution < -0.4 is 0 Å². The summed E-state index contributed by atoms with van der Waals surface area (Å²) in [5.74, 6) is 2.61. The van der Waals surface area contributed by atoms with E-state index in [0.717, 1.165) is 38.5 Å².